The van der Waals surface area contributed by atoms with Gasteiger partial charge in [0.25, 0.3) is 0 Å². The molecule has 0 aromatic carbocycles. The molecule has 4 fully saturated rings. The van der Waals surface area contributed by atoms with Crippen molar-refractivity contribution in [3.8, 4) is 0 Å². The second kappa shape index (κ2) is 1.12. The second-order valence-corrected chi connectivity index (χ2v) is 4.91. The summed E-state index contributed by atoms with van der Waals surface area (Å²) in [5.74, 6) is 3.50. The van der Waals surface area contributed by atoms with E-state index in [1.165, 1.54) is 11.8 Å². The molecule has 0 heteroatoms. The van der Waals surface area contributed by atoms with Crippen LogP contribution in [0.3, 0.4) is 0 Å². The fourth-order valence-corrected chi connectivity index (χ4v) is 4.96. The van der Waals surface area contributed by atoms with Crippen molar-refractivity contribution in [3.63, 3.8) is 0 Å². The minimum atomic E-state index is 0.956. The normalized spacial score (nSPS) is 74.1. The van der Waals surface area contributed by atoms with Gasteiger partial charge in [0.05, 0.1) is 0 Å². The van der Waals surface area contributed by atoms with E-state index in [9.17, 15) is 0 Å². The van der Waals surface area contributed by atoms with Gasteiger partial charge in [0.15, 0.2) is 0 Å². The van der Waals surface area contributed by atoms with Crippen molar-refractivity contribution in [1.29, 1.82) is 0 Å². The van der Waals surface area contributed by atoms with Gasteiger partial charge in [-0.05, 0) is 48.3 Å². The molecule has 0 atom stereocenters. The van der Waals surface area contributed by atoms with E-state index in [2.05, 4.69) is 19.1 Å². The molecule has 0 heterocycles. The first-order valence-electron chi connectivity index (χ1n) is 5.04. The van der Waals surface area contributed by atoms with E-state index in [4.69, 9.17) is 0 Å². The van der Waals surface area contributed by atoms with E-state index in [0.717, 1.165) is 16.7 Å². The van der Waals surface area contributed by atoms with Gasteiger partial charge in [-0.25, -0.2) is 0 Å². The molecule has 0 N–H and O–H groups in total. The Bertz CT molecular complexity index is 244. The lowest BCUT2D eigenvalue weighted by atomic mass is 9.64. The molecule has 0 aliphatic heterocycles. The van der Waals surface area contributed by atoms with Gasteiger partial charge in [-0.2, -0.15) is 0 Å². The highest BCUT2D eigenvalue weighted by molar-refractivity contribution is 5.63. The van der Waals surface area contributed by atoms with E-state index < -0.39 is 0 Å². The summed E-state index contributed by atoms with van der Waals surface area (Å²) in [6.45, 7) is 2.17. The molecule has 0 bridgehead atoms. The van der Waals surface area contributed by atoms with E-state index >= 15 is 0 Å². The topological polar surface area (TPSA) is 0 Å². The number of rotatable bonds is 1. The molecule has 0 nitrogen and oxygen atoms in total. The van der Waals surface area contributed by atoms with Gasteiger partial charge in [-0.1, -0.05) is 18.6 Å². The summed E-state index contributed by atoms with van der Waals surface area (Å²) in [6, 6.07) is 0. The first-order valence-corrected chi connectivity index (χ1v) is 5.04. The Morgan fingerprint density at radius 3 is 2.36 bits per heavy atom. The van der Waals surface area contributed by atoms with E-state index in [-0.39, 0.29) is 0 Å². The van der Waals surface area contributed by atoms with Gasteiger partial charge in [0.2, 0.25) is 0 Å². The van der Waals surface area contributed by atoms with Crippen molar-refractivity contribution in [1.82, 2.24) is 0 Å². The molecule has 0 aromatic rings. The van der Waals surface area contributed by atoms with Crippen molar-refractivity contribution in [2.75, 3.05) is 0 Å². The van der Waals surface area contributed by atoms with Crippen LogP contribution in [0.15, 0.2) is 12.2 Å². The summed E-state index contributed by atoms with van der Waals surface area (Å²) in [4.78, 5) is 0. The number of allylic oxidation sites excluding steroid dienone is 2. The Balaban J connectivity index is 1.67. The van der Waals surface area contributed by atoms with Crippen LogP contribution in [0, 0.1) is 28.6 Å². The molecule has 4 saturated carbocycles. The third-order valence-electron chi connectivity index (χ3n) is 5.21. The first kappa shape index (κ1) is 5.40. The average Bonchev–Trinajstić information content (AvgIpc) is 2.93. The molecule has 11 heavy (non-hydrogen) atoms. The van der Waals surface area contributed by atoms with Crippen molar-refractivity contribution in [2.24, 2.45) is 28.6 Å². The predicted molar refractivity (Wildman–Crippen MR) is 44.0 cm³/mol. The van der Waals surface area contributed by atoms with Crippen LogP contribution in [0.5, 0.6) is 0 Å². The minimum absolute atomic E-state index is 0.956. The third kappa shape index (κ3) is 0.256. The molecular weight excluding hydrogens is 132 g/mol. The lowest BCUT2D eigenvalue weighted by molar-refractivity contribution is 0.0979. The zero-order valence-electron chi connectivity index (χ0n) is 7.01. The van der Waals surface area contributed by atoms with Crippen LogP contribution >= 0.6 is 0 Å². The highest BCUT2D eigenvalue weighted by Gasteiger charge is 3.14. The van der Waals surface area contributed by atoms with E-state index in [1.807, 2.05) is 0 Å². The van der Waals surface area contributed by atoms with Crippen LogP contribution < -0.4 is 0 Å². The summed E-state index contributed by atoms with van der Waals surface area (Å²) in [5.41, 5.74) is 1.91. The molecule has 0 radical (unpaired) electrons. The fraction of sp³-hybridized carbons (Fsp3) is 0.818. The minimum Gasteiger partial charge on any atom is -0.0913 e. The Labute approximate surface area is 67.7 Å². The van der Waals surface area contributed by atoms with Crippen LogP contribution in [0.2, 0.25) is 0 Å². The third-order valence-corrected chi connectivity index (χ3v) is 5.21. The van der Waals surface area contributed by atoms with Crippen molar-refractivity contribution < 1.29 is 0 Å². The zero-order chi connectivity index (χ0) is 7.27. The smallest absolute Gasteiger partial charge is 0.00927 e. The van der Waals surface area contributed by atoms with Crippen LogP contribution in [0.25, 0.3) is 0 Å². The lowest BCUT2D eigenvalue weighted by Crippen LogP contribution is -2.34. The Morgan fingerprint density at radius 1 is 1.18 bits per heavy atom. The summed E-state index contributed by atoms with van der Waals surface area (Å²) in [6.07, 6.45) is 9.42. The Kier molecular flexibility index (Phi) is 0.551. The zero-order valence-corrected chi connectivity index (χ0v) is 7.01. The highest BCUT2D eigenvalue weighted by Crippen LogP contribution is 3.17. The maximum atomic E-state index is 2.47. The first-order chi connectivity index (χ1) is 5.41. The fourth-order valence-electron chi connectivity index (χ4n) is 4.96. The maximum Gasteiger partial charge on any atom is -0.00927 e. The molecule has 4 aliphatic rings. The van der Waals surface area contributed by atoms with Gasteiger partial charge in [-0.3, -0.25) is 0 Å². The van der Waals surface area contributed by atoms with Crippen molar-refractivity contribution in [3.05, 3.63) is 12.2 Å². The molecule has 0 aromatic heterocycles. The van der Waals surface area contributed by atoms with Crippen LogP contribution in [0.1, 0.15) is 26.2 Å². The quantitative estimate of drug-likeness (QED) is 0.499. The molecular formula is C11H14. The summed E-state index contributed by atoms with van der Waals surface area (Å²) >= 11 is 0. The summed E-state index contributed by atoms with van der Waals surface area (Å²) in [7, 11) is 0. The molecule has 0 unspecified atom stereocenters. The van der Waals surface area contributed by atoms with Gasteiger partial charge >= 0.3 is 0 Å². The summed E-state index contributed by atoms with van der Waals surface area (Å²) < 4.78 is 0. The van der Waals surface area contributed by atoms with Crippen LogP contribution in [-0.2, 0) is 0 Å². The predicted octanol–water partition coefficient (Wildman–Crippen LogP) is 2.61. The highest BCUT2D eigenvalue weighted by atomic mass is 15.2. The Hall–Kier alpha value is -0.260. The molecule has 1 spiro atoms. The van der Waals surface area contributed by atoms with Crippen molar-refractivity contribution >= 4 is 0 Å². The molecule has 0 amide bonds. The van der Waals surface area contributed by atoms with Crippen molar-refractivity contribution in [2.45, 2.75) is 26.2 Å². The second-order valence-electron chi connectivity index (χ2n) is 4.91. The van der Waals surface area contributed by atoms with Crippen LogP contribution in [0.4, 0.5) is 0 Å². The van der Waals surface area contributed by atoms with E-state index in [1.54, 1.807) is 19.3 Å². The summed E-state index contributed by atoms with van der Waals surface area (Å²) in [5, 5.41) is 0. The molecule has 4 aliphatic carbocycles. The largest absolute Gasteiger partial charge is 0.0913 e. The SMILES string of the molecule is C/C=C/C1C23C4CCCC2C143. The van der Waals surface area contributed by atoms with Crippen LogP contribution in [-0.4, -0.2) is 0 Å². The monoisotopic (exact) mass is 146 g/mol. The average molecular weight is 146 g/mol. The van der Waals surface area contributed by atoms with Gasteiger partial charge < -0.3 is 0 Å². The molecule has 0 saturated heterocycles. The van der Waals surface area contributed by atoms with E-state index in [0.29, 0.717) is 0 Å². The number of hydrogen-bond acceptors (Lipinski definition) is 0. The maximum absolute atomic E-state index is 2.47. The standard InChI is InChI=1S/C11H14/c1-2-4-7-10-8-5-3-6-9(10)11(7,8)10/h2,4,7-9H,3,5-6H2,1H3/b4-2+. The Morgan fingerprint density at radius 2 is 1.82 bits per heavy atom. The van der Waals surface area contributed by atoms with Gasteiger partial charge in [-0.15, -0.1) is 0 Å². The van der Waals surface area contributed by atoms with Gasteiger partial charge in [0, 0.05) is 0 Å². The van der Waals surface area contributed by atoms with Gasteiger partial charge in [0.1, 0.15) is 0 Å². The number of hydrogen-bond donors (Lipinski definition) is 0. The lowest BCUT2D eigenvalue weighted by Gasteiger charge is -2.40. The molecule has 58 valence electrons. The molecule has 4 rings (SSSR count).